The van der Waals surface area contributed by atoms with Gasteiger partial charge in [-0.25, -0.2) is 0 Å². The molecule has 0 heterocycles. The molecule has 1 saturated carbocycles. The second kappa shape index (κ2) is 6.30. The fourth-order valence-electron chi connectivity index (χ4n) is 1.74. The van der Waals surface area contributed by atoms with E-state index in [9.17, 15) is 4.79 Å². The van der Waals surface area contributed by atoms with Gasteiger partial charge < -0.3 is 5.32 Å². The molecular weight excluding hydrogens is 182 g/mol. The Morgan fingerprint density at radius 1 is 1.46 bits per heavy atom. The fraction of sp³-hybridized carbons (Fsp3) is 0.900. The van der Waals surface area contributed by atoms with Crippen LogP contribution in [0.2, 0.25) is 0 Å². The number of hydrogen-bond donors (Lipinski definition) is 1. The van der Waals surface area contributed by atoms with Gasteiger partial charge in [0.15, 0.2) is 0 Å². The van der Waals surface area contributed by atoms with E-state index in [2.05, 4.69) is 5.32 Å². The largest absolute Gasteiger partial charge is 0.356 e. The van der Waals surface area contributed by atoms with Crippen LogP contribution in [0, 0.1) is 5.92 Å². The van der Waals surface area contributed by atoms with Crippen LogP contribution in [0.1, 0.15) is 32.6 Å². The van der Waals surface area contributed by atoms with E-state index >= 15 is 0 Å². The predicted octanol–water partition coefficient (Wildman–Crippen LogP) is 2.05. The van der Waals surface area contributed by atoms with Crippen molar-refractivity contribution in [3.05, 3.63) is 0 Å². The molecule has 0 radical (unpaired) electrons. The van der Waals surface area contributed by atoms with Crippen molar-refractivity contribution in [3.8, 4) is 0 Å². The second-order valence-electron chi connectivity index (χ2n) is 3.62. The maximum Gasteiger partial charge on any atom is 0.229 e. The summed E-state index contributed by atoms with van der Waals surface area (Å²) in [6.07, 6.45) is 5.55. The third kappa shape index (κ3) is 4.55. The number of carbonyl (C=O) groups excluding carboxylic acids is 1. The Balaban J connectivity index is 1.96. The van der Waals surface area contributed by atoms with Crippen LogP contribution in [0.5, 0.6) is 0 Å². The van der Waals surface area contributed by atoms with Gasteiger partial charge >= 0.3 is 0 Å². The summed E-state index contributed by atoms with van der Waals surface area (Å²) >= 11 is 1.79. The molecule has 76 valence electrons. The number of carbonyl (C=O) groups is 1. The lowest BCUT2D eigenvalue weighted by Crippen LogP contribution is -2.24. The first kappa shape index (κ1) is 10.9. The molecule has 0 atom stereocenters. The van der Waals surface area contributed by atoms with Gasteiger partial charge in [-0.15, -0.1) is 0 Å². The van der Waals surface area contributed by atoms with Crippen LogP contribution in [-0.2, 0) is 4.79 Å². The van der Waals surface area contributed by atoms with Gasteiger partial charge in [-0.1, -0.05) is 12.8 Å². The van der Waals surface area contributed by atoms with E-state index in [1.165, 1.54) is 31.4 Å². The van der Waals surface area contributed by atoms with Crippen LogP contribution >= 0.6 is 11.8 Å². The molecule has 1 rings (SSSR count). The molecule has 1 amide bonds. The molecule has 13 heavy (non-hydrogen) atoms. The Bertz CT molecular complexity index is 155. The van der Waals surface area contributed by atoms with Gasteiger partial charge in [0, 0.05) is 6.54 Å². The average molecular weight is 201 g/mol. The monoisotopic (exact) mass is 201 g/mol. The summed E-state index contributed by atoms with van der Waals surface area (Å²) in [7, 11) is 0. The van der Waals surface area contributed by atoms with Gasteiger partial charge in [-0.2, -0.15) is 11.8 Å². The summed E-state index contributed by atoms with van der Waals surface area (Å²) < 4.78 is 0. The van der Waals surface area contributed by atoms with Gasteiger partial charge in [0.1, 0.15) is 0 Å². The number of nitrogens with one attached hydrogen (secondary N) is 1. The van der Waals surface area contributed by atoms with E-state index in [1.54, 1.807) is 11.8 Å². The van der Waals surface area contributed by atoms with E-state index in [0.717, 1.165) is 12.5 Å². The Morgan fingerprint density at radius 3 is 2.77 bits per heavy atom. The van der Waals surface area contributed by atoms with Crippen molar-refractivity contribution in [2.45, 2.75) is 32.6 Å². The zero-order chi connectivity index (χ0) is 9.52. The van der Waals surface area contributed by atoms with Crippen molar-refractivity contribution < 1.29 is 4.79 Å². The van der Waals surface area contributed by atoms with Crippen molar-refractivity contribution in [1.29, 1.82) is 0 Å². The third-order valence-electron chi connectivity index (χ3n) is 2.44. The van der Waals surface area contributed by atoms with E-state index in [4.69, 9.17) is 0 Å². The summed E-state index contributed by atoms with van der Waals surface area (Å²) in [6, 6.07) is 0. The lowest BCUT2D eigenvalue weighted by molar-refractivity contribution is -0.118. The van der Waals surface area contributed by atoms with Crippen LogP contribution in [0.25, 0.3) is 0 Å². The standard InChI is InChI=1S/C10H19NOS/c1-2-11-10(12)8-13-7-9-5-3-4-6-9/h9H,2-8H2,1H3,(H,11,12). The minimum absolute atomic E-state index is 0.186. The molecule has 0 unspecified atom stereocenters. The summed E-state index contributed by atoms with van der Waals surface area (Å²) in [5.74, 6) is 2.89. The molecule has 0 aromatic carbocycles. The quantitative estimate of drug-likeness (QED) is 0.737. The molecule has 2 nitrogen and oxygen atoms in total. The van der Waals surface area contributed by atoms with Gasteiger partial charge in [-0.05, 0) is 31.4 Å². The summed E-state index contributed by atoms with van der Waals surface area (Å²) in [5.41, 5.74) is 0. The van der Waals surface area contributed by atoms with E-state index < -0.39 is 0 Å². The molecular formula is C10H19NOS. The molecule has 1 aliphatic carbocycles. The number of thioether (sulfide) groups is 1. The maximum atomic E-state index is 11.1. The first-order chi connectivity index (χ1) is 6.33. The molecule has 0 spiro atoms. The molecule has 0 aromatic rings. The molecule has 3 heteroatoms. The maximum absolute atomic E-state index is 11.1. The smallest absolute Gasteiger partial charge is 0.229 e. The van der Waals surface area contributed by atoms with E-state index in [0.29, 0.717) is 5.75 Å². The van der Waals surface area contributed by atoms with Crippen LogP contribution in [0.3, 0.4) is 0 Å². The first-order valence-corrected chi connectivity index (χ1v) is 6.33. The molecule has 1 N–H and O–H groups in total. The van der Waals surface area contributed by atoms with Crippen LogP contribution in [0.4, 0.5) is 0 Å². The lowest BCUT2D eigenvalue weighted by atomic mass is 10.1. The highest BCUT2D eigenvalue weighted by Crippen LogP contribution is 2.27. The van der Waals surface area contributed by atoms with Crippen molar-refractivity contribution in [1.82, 2.24) is 5.32 Å². The normalized spacial score (nSPS) is 17.6. The lowest BCUT2D eigenvalue weighted by Gasteiger charge is -2.07. The minimum Gasteiger partial charge on any atom is -0.356 e. The highest BCUT2D eigenvalue weighted by atomic mass is 32.2. The van der Waals surface area contributed by atoms with Crippen molar-refractivity contribution in [2.75, 3.05) is 18.1 Å². The topological polar surface area (TPSA) is 29.1 Å². The number of rotatable bonds is 5. The third-order valence-corrected chi connectivity index (χ3v) is 3.61. The molecule has 0 aliphatic heterocycles. The summed E-state index contributed by atoms with van der Waals surface area (Å²) in [5, 5.41) is 2.81. The SMILES string of the molecule is CCNC(=O)CSCC1CCCC1. The fourth-order valence-corrected chi connectivity index (χ4v) is 2.82. The number of hydrogen-bond acceptors (Lipinski definition) is 2. The van der Waals surface area contributed by atoms with Crippen LogP contribution in [-0.4, -0.2) is 24.0 Å². The van der Waals surface area contributed by atoms with Gasteiger partial charge in [-0.3, -0.25) is 4.79 Å². The van der Waals surface area contributed by atoms with Crippen molar-refractivity contribution >= 4 is 17.7 Å². The van der Waals surface area contributed by atoms with Crippen molar-refractivity contribution in [2.24, 2.45) is 5.92 Å². The highest BCUT2D eigenvalue weighted by Gasteiger charge is 2.14. The van der Waals surface area contributed by atoms with Crippen molar-refractivity contribution in [3.63, 3.8) is 0 Å². The Kier molecular flexibility index (Phi) is 5.28. The zero-order valence-corrected chi connectivity index (χ0v) is 9.16. The van der Waals surface area contributed by atoms with E-state index in [1.807, 2.05) is 6.92 Å². The molecule has 0 bridgehead atoms. The van der Waals surface area contributed by atoms with Crippen LogP contribution < -0.4 is 5.32 Å². The minimum atomic E-state index is 0.186. The number of amides is 1. The van der Waals surface area contributed by atoms with E-state index in [-0.39, 0.29) is 5.91 Å². The molecule has 1 aliphatic rings. The van der Waals surface area contributed by atoms with Gasteiger partial charge in [0.25, 0.3) is 0 Å². The first-order valence-electron chi connectivity index (χ1n) is 5.17. The predicted molar refractivity (Wildman–Crippen MR) is 58.0 cm³/mol. The molecule has 0 saturated heterocycles. The van der Waals surface area contributed by atoms with Crippen LogP contribution in [0.15, 0.2) is 0 Å². The second-order valence-corrected chi connectivity index (χ2v) is 4.65. The Labute approximate surface area is 84.9 Å². The highest BCUT2D eigenvalue weighted by molar-refractivity contribution is 7.99. The molecule has 0 aromatic heterocycles. The molecule has 1 fully saturated rings. The van der Waals surface area contributed by atoms with Gasteiger partial charge in [0.05, 0.1) is 5.75 Å². The Hall–Kier alpha value is -0.180. The summed E-state index contributed by atoms with van der Waals surface area (Å²) in [6.45, 7) is 2.71. The zero-order valence-electron chi connectivity index (χ0n) is 8.34. The average Bonchev–Trinajstić information content (AvgIpc) is 2.57. The van der Waals surface area contributed by atoms with Gasteiger partial charge in [0.2, 0.25) is 5.91 Å². The summed E-state index contributed by atoms with van der Waals surface area (Å²) in [4.78, 5) is 11.1. The Morgan fingerprint density at radius 2 is 2.15 bits per heavy atom.